The zero-order valence-corrected chi connectivity index (χ0v) is 17.8. The van der Waals surface area contributed by atoms with Gasteiger partial charge in [0.2, 0.25) is 5.43 Å². The zero-order chi connectivity index (χ0) is 21.4. The molecule has 1 aromatic heterocycles. The molecule has 3 heteroatoms. The predicted molar refractivity (Wildman–Crippen MR) is 123 cm³/mol. The molecule has 3 aromatic carbocycles. The molecule has 0 saturated heterocycles. The molecule has 0 unspecified atom stereocenters. The summed E-state index contributed by atoms with van der Waals surface area (Å²) in [7, 11) is 0. The first-order chi connectivity index (χ1) is 14.4. The number of aromatic nitrogens is 1. The van der Waals surface area contributed by atoms with Gasteiger partial charge in [-0.15, -0.1) is 0 Å². The monoisotopic (exact) mass is 395 g/mol. The van der Waals surface area contributed by atoms with Crippen molar-refractivity contribution in [1.82, 2.24) is 4.57 Å². The highest BCUT2D eigenvalue weighted by Gasteiger charge is 2.18. The smallest absolute Gasteiger partial charge is 0.200 e. The molecule has 0 atom stereocenters. The lowest BCUT2D eigenvalue weighted by atomic mass is 9.98. The number of rotatable bonds is 4. The van der Waals surface area contributed by atoms with Crippen molar-refractivity contribution < 1.29 is 4.79 Å². The summed E-state index contributed by atoms with van der Waals surface area (Å²) in [5.41, 5.74) is 7.13. The zero-order valence-electron chi connectivity index (χ0n) is 17.8. The molecule has 0 radical (unpaired) electrons. The highest BCUT2D eigenvalue weighted by Crippen LogP contribution is 2.20. The Morgan fingerprint density at radius 3 is 2.20 bits per heavy atom. The van der Waals surface area contributed by atoms with Crippen LogP contribution in [-0.4, -0.2) is 10.4 Å². The summed E-state index contributed by atoms with van der Waals surface area (Å²) in [4.78, 5) is 26.5. The Balaban J connectivity index is 1.91. The van der Waals surface area contributed by atoms with Gasteiger partial charge in [0.05, 0.1) is 11.1 Å². The van der Waals surface area contributed by atoms with Gasteiger partial charge in [0.25, 0.3) is 0 Å². The Morgan fingerprint density at radius 2 is 1.50 bits per heavy atom. The summed E-state index contributed by atoms with van der Waals surface area (Å²) in [6.07, 6.45) is 1.73. The minimum absolute atomic E-state index is 0.211. The van der Waals surface area contributed by atoms with E-state index in [1.807, 2.05) is 54.8 Å². The van der Waals surface area contributed by atoms with E-state index in [0.29, 0.717) is 17.5 Å². The van der Waals surface area contributed by atoms with Gasteiger partial charge in [0.15, 0.2) is 5.78 Å². The molecule has 1 heterocycles. The van der Waals surface area contributed by atoms with Crippen molar-refractivity contribution in [3.05, 3.63) is 116 Å². The summed E-state index contributed by atoms with van der Waals surface area (Å²) < 4.78 is 2.03. The molecular formula is C27H25NO2. The normalized spacial score (nSPS) is 11.1. The van der Waals surface area contributed by atoms with E-state index in [1.165, 1.54) is 16.7 Å². The number of para-hydroxylation sites is 1. The van der Waals surface area contributed by atoms with Gasteiger partial charge in [-0.1, -0.05) is 42.5 Å². The molecule has 4 rings (SSSR count). The van der Waals surface area contributed by atoms with Crippen molar-refractivity contribution in [2.45, 2.75) is 34.2 Å². The fraction of sp³-hybridized carbons (Fsp3) is 0.185. The fourth-order valence-electron chi connectivity index (χ4n) is 3.94. The van der Waals surface area contributed by atoms with Crippen LogP contribution >= 0.6 is 0 Å². The molecule has 3 nitrogen and oxygen atoms in total. The Morgan fingerprint density at radius 1 is 0.800 bits per heavy atom. The second-order valence-corrected chi connectivity index (χ2v) is 8.02. The van der Waals surface area contributed by atoms with Crippen LogP contribution < -0.4 is 5.43 Å². The minimum Gasteiger partial charge on any atom is -0.342 e. The standard InChI is InChI=1S/C27H25NO2/c1-17-12-13-21(14-20(17)4)26(29)24-16-28(15-23-18(2)8-7-9-19(23)3)25-11-6-5-10-22(25)27(24)30/h5-14,16H,15H2,1-4H3. The third kappa shape index (κ3) is 3.48. The van der Waals surface area contributed by atoms with Crippen molar-refractivity contribution in [2.24, 2.45) is 0 Å². The van der Waals surface area contributed by atoms with Crippen LogP contribution in [0.5, 0.6) is 0 Å². The predicted octanol–water partition coefficient (Wildman–Crippen LogP) is 5.51. The topological polar surface area (TPSA) is 39.1 Å². The van der Waals surface area contributed by atoms with Gasteiger partial charge in [0, 0.05) is 23.7 Å². The van der Waals surface area contributed by atoms with Crippen LogP contribution in [0.1, 0.15) is 43.7 Å². The van der Waals surface area contributed by atoms with E-state index in [2.05, 4.69) is 26.0 Å². The fourth-order valence-corrected chi connectivity index (χ4v) is 3.94. The number of pyridine rings is 1. The van der Waals surface area contributed by atoms with E-state index in [1.54, 1.807) is 18.3 Å². The largest absolute Gasteiger partial charge is 0.342 e. The van der Waals surface area contributed by atoms with E-state index >= 15 is 0 Å². The number of ketones is 1. The number of benzene rings is 3. The second kappa shape index (κ2) is 7.75. The lowest BCUT2D eigenvalue weighted by molar-refractivity contribution is 0.103. The van der Waals surface area contributed by atoms with Crippen molar-refractivity contribution >= 4 is 16.7 Å². The molecule has 4 aromatic rings. The lowest BCUT2D eigenvalue weighted by Crippen LogP contribution is -2.20. The van der Waals surface area contributed by atoms with Crippen LogP contribution in [0.25, 0.3) is 10.9 Å². The molecule has 0 spiro atoms. The van der Waals surface area contributed by atoms with E-state index in [9.17, 15) is 9.59 Å². The van der Waals surface area contributed by atoms with Crippen LogP contribution in [0.2, 0.25) is 0 Å². The molecular weight excluding hydrogens is 370 g/mol. The molecule has 0 aliphatic heterocycles. The van der Waals surface area contributed by atoms with Gasteiger partial charge in [0.1, 0.15) is 0 Å². The van der Waals surface area contributed by atoms with Gasteiger partial charge >= 0.3 is 0 Å². The maximum absolute atomic E-state index is 13.3. The van der Waals surface area contributed by atoms with Crippen molar-refractivity contribution in [3.8, 4) is 0 Å². The summed E-state index contributed by atoms with van der Waals surface area (Å²) in [6.45, 7) is 8.78. The van der Waals surface area contributed by atoms with E-state index in [-0.39, 0.29) is 16.8 Å². The van der Waals surface area contributed by atoms with E-state index < -0.39 is 0 Å². The molecule has 150 valence electrons. The average Bonchev–Trinajstić information content (AvgIpc) is 2.74. The summed E-state index contributed by atoms with van der Waals surface area (Å²) in [5.74, 6) is -0.232. The lowest BCUT2D eigenvalue weighted by Gasteiger charge is -2.16. The van der Waals surface area contributed by atoms with Gasteiger partial charge in [-0.3, -0.25) is 9.59 Å². The quantitative estimate of drug-likeness (QED) is 0.427. The van der Waals surface area contributed by atoms with Crippen LogP contribution in [0, 0.1) is 27.7 Å². The van der Waals surface area contributed by atoms with E-state index in [4.69, 9.17) is 0 Å². The average molecular weight is 396 g/mol. The van der Waals surface area contributed by atoms with Crippen LogP contribution in [0.4, 0.5) is 0 Å². The van der Waals surface area contributed by atoms with Gasteiger partial charge < -0.3 is 4.57 Å². The second-order valence-electron chi connectivity index (χ2n) is 8.02. The molecule has 30 heavy (non-hydrogen) atoms. The Labute approximate surface area is 176 Å². The molecule has 0 aliphatic carbocycles. The van der Waals surface area contributed by atoms with Crippen LogP contribution in [0.15, 0.2) is 71.7 Å². The number of carbonyl (C=O) groups excluding carboxylic acids is 1. The molecule has 0 aliphatic rings. The van der Waals surface area contributed by atoms with Crippen LogP contribution in [0.3, 0.4) is 0 Å². The third-order valence-electron chi connectivity index (χ3n) is 5.97. The van der Waals surface area contributed by atoms with Crippen molar-refractivity contribution in [2.75, 3.05) is 0 Å². The number of nitrogens with zero attached hydrogens (tertiary/aromatic N) is 1. The molecule has 0 amide bonds. The van der Waals surface area contributed by atoms with Gasteiger partial charge in [-0.05, 0) is 73.7 Å². The summed E-state index contributed by atoms with van der Waals surface area (Å²) in [6, 6.07) is 19.3. The number of carbonyl (C=O) groups is 1. The molecule has 0 N–H and O–H groups in total. The number of hydrogen-bond donors (Lipinski definition) is 0. The Hall–Kier alpha value is -3.46. The summed E-state index contributed by atoms with van der Waals surface area (Å²) >= 11 is 0. The highest BCUT2D eigenvalue weighted by atomic mass is 16.1. The van der Waals surface area contributed by atoms with E-state index in [0.717, 1.165) is 16.6 Å². The summed E-state index contributed by atoms with van der Waals surface area (Å²) in [5, 5.41) is 0.568. The van der Waals surface area contributed by atoms with Gasteiger partial charge in [-0.2, -0.15) is 0 Å². The number of hydrogen-bond acceptors (Lipinski definition) is 2. The first-order valence-corrected chi connectivity index (χ1v) is 10.2. The Bertz CT molecular complexity index is 1320. The maximum atomic E-state index is 13.3. The number of aryl methyl sites for hydroxylation is 4. The molecule has 0 bridgehead atoms. The van der Waals surface area contributed by atoms with Crippen molar-refractivity contribution in [1.29, 1.82) is 0 Å². The maximum Gasteiger partial charge on any atom is 0.200 e. The van der Waals surface area contributed by atoms with Crippen LogP contribution in [-0.2, 0) is 6.54 Å². The highest BCUT2D eigenvalue weighted by molar-refractivity contribution is 6.10. The minimum atomic E-state index is -0.232. The number of fused-ring (bicyclic) bond motifs is 1. The third-order valence-corrected chi connectivity index (χ3v) is 5.97. The Kier molecular flexibility index (Phi) is 5.13. The first kappa shape index (κ1) is 19.8. The SMILES string of the molecule is Cc1ccc(C(=O)c2cn(Cc3c(C)cccc3C)c3ccccc3c2=O)cc1C. The van der Waals surface area contributed by atoms with Gasteiger partial charge in [-0.25, -0.2) is 0 Å². The molecule has 0 saturated carbocycles. The van der Waals surface area contributed by atoms with Crippen molar-refractivity contribution in [3.63, 3.8) is 0 Å². The first-order valence-electron chi connectivity index (χ1n) is 10.2. The molecule has 0 fully saturated rings.